The summed E-state index contributed by atoms with van der Waals surface area (Å²) in [5.74, 6) is 0.652. The summed E-state index contributed by atoms with van der Waals surface area (Å²) in [5, 5.41) is 0. The molecule has 1 saturated heterocycles. The van der Waals surface area contributed by atoms with Gasteiger partial charge in [-0.05, 0) is 29.9 Å². The molecule has 0 aromatic heterocycles. The topological polar surface area (TPSA) is 20.3 Å². The number of nitrogens with zero attached hydrogens (tertiary/aromatic N) is 1. The highest BCUT2D eigenvalue weighted by atomic mass is 16.2. The van der Waals surface area contributed by atoms with Gasteiger partial charge in [0, 0.05) is 24.4 Å². The molecule has 2 heteroatoms. The molecule has 1 amide bonds. The molecule has 2 nitrogen and oxygen atoms in total. The molecule has 1 aliphatic carbocycles. The fraction of sp³-hybridized carbons (Fsp3) is 0.318. The van der Waals surface area contributed by atoms with E-state index >= 15 is 0 Å². The van der Waals surface area contributed by atoms with Crippen molar-refractivity contribution in [1.82, 2.24) is 4.90 Å². The standard InChI is InChI=1S/C22H23NO/c1-2-18-13-14-22(19-11-7-4-8-12-19)15-20(24)23(21(18)22)16-17-9-5-3-6-10-17/h2-12,18,21H,1,13-16H2/t18-,21-,22-/m1/s1. The summed E-state index contributed by atoms with van der Waals surface area (Å²) in [7, 11) is 0. The van der Waals surface area contributed by atoms with Gasteiger partial charge in [0.25, 0.3) is 0 Å². The molecule has 0 radical (unpaired) electrons. The van der Waals surface area contributed by atoms with Crippen LogP contribution < -0.4 is 0 Å². The first-order valence-electron chi connectivity index (χ1n) is 8.76. The van der Waals surface area contributed by atoms with Crippen molar-refractivity contribution in [2.45, 2.75) is 37.3 Å². The number of amides is 1. The molecule has 1 heterocycles. The highest BCUT2D eigenvalue weighted by Crippen LogP contribution is 2.54. The molecule has 2 aromatic carbocycles. The first kappa shape index (κ1) is 15.2. The van der Waals surface area contributed by atoms with Gasteiger partial charge in [0.05, 0.1) is 0 Å². The summed E-state index contributed by atoms with van der Waals surface area (Å²) in [5.41, 5.74) is 2.46. The summed E-state index contributed by atoms with van der Waals surface area (Å²) >= 11 is 0. The van der Waals surface area contributed by atoms with Crippen molar-refractivity contribution in [3.63, 3.8) is 0 Å². The zero-order valence-corrected chi connectivity index (χ0v) is 13.9. The third kappa shape index (κ3) is 2.29. The van der Waals surface area contributed by atoms with E-state index < -0.39 is 0 Å². The first-order chi connectivity index (χ1) is 11.7. The fourth-order valence-corrected chi connectivity index (χ4v) is 4.79. The first-order valence-corrected chi connectivity index (χ1v) is 8.76. The minimum Gasteiger partial charge on any atom is -0.334 e. The molecule has 1 aliphatic heterocycles. The van der Waals surface area contributed by atoms with Crippen LogP contribution in [-0.2, 0) is 16.8 Å². The quantitative estimate of drug-likeness (QED) is 0.769. The van der Waals surface area contributed by atoms with E-state index in [-0.39, 0.29) is 17.4 Å². The Morgan fingerprint density at radius 3 is 2.42 bits per heavy atom. The number of hydrogen-bond donors (Lipinski definition) is 0. The number of carbonyl (C=O) groups excluding carboxylic acids is 1. The average molecular weight is 317 g/mol. The van der Waals surface area contributed by atoms with Crippen LogP contribution in [-0.4, -0.2) is 16.8 Å². The summed E-state index contributed by atoms with van der Waals surface area (Å²) in [4.78, 5) is 15.0. The van der Waals surface area contributed by atoms with Gasteiger partial charge in [-0.3, -0.25) is 4.79 Å². The average Bonchev–Trinajstić information content (AvgIpc) is 3.12. The van der Waals surface area contributed by atoms with Crippen molar-refractivity contribution in [3.05, 3.63) is 84.4 Å². The normalized spacial score (nSPS) is 28.8. The van der Waals surface area contributed by atoms with Gasteiger partial charge in [-0.15, -0.1) is 6.58 Å². The Hall–Kier alpha value is -2.35. The molecule has 2 fully saturated rings. The molecule has 0 bridgehead atoms. The van der Waals surface area contributed by atoms with Crippen LogP contribution in [0.15, 0.2) is 73.3 Å². The minimum atomic E-state index is -0.0496. The minimum absolute atomic E-state index is 0.0496. The molecule has 2 aromatic rings. The molecule has 122 valence electrons. The zero-order valence-electron chi connectivity index (χ0n) is 13.9. The maximum atomic E-state index is 12.9. The lowest BCUT2D eigenvalue weighted by molar-refractivity contribution is -0.130. The molecular weight excluding hydrogens is 294 g/mol. The van der Waals surface area contributed by atoms with Crippen molar-refractivity contribution in [2.75, 3.05) is 0 Å². The van der Waals surface area contributed by atoms with Crippen LogP contribution in [0.3, 0.4) is 0 Å². The summed E-state index contributed by atoms with van der Waals surface area (Å²) in [6.45, 7) is 4.75. The Balaban J connectivity index is 1.74. The lowest BCUT2D eigenvalue weighted by atomic mass is 9.74. The monoisotopic (exact) mass is 317 g/mol. The van der Waals surface area contributed by atoms with Crippen molar-refractivity contribution >= 4 is 5.91 Å². The Kier molecular flexibility index (Phi) is 3.76. The van der Waals surface area contributed by atoms with Crippen LogP contribution in [0.2, 0.25) is 0 Å². The van der Waals surface area contributed by atoms with Crippen molar-refractivity contribution in [1.29, 1.82) is 0 Å². The predicted octanol–water partition coefficient (Wildman–Crippen LogP) is 4.32. The zero-order chi connectivity index (χ0) is 16.6. The second-order valence-electron chi connectivity index (χ2n) is 7.09. The smallest absolute Gasteiger partial charge is 0.224 e. The van der Waals surface area contributed by atoms with Gasteiger partial charge in [-0.25, -0.2) is 0 Å². The maximum Gasteiger partial charge on any atom is 0.224 e. The molecular formula is C22H23NO. The number of rotatable bonds is 4. The van der Waals surface area contributed by atoms with Crippen LogP contribution in [0.1, 0.15) is 30.4 Å². The lowest BCUT2D eigenvalue weighted by Crippen LogP contribution is -2.42. The van der Waals surface area contributed by atoms with Crippen molar-refractivity contribution < 1.29 is 4.79 Å². The van der Waals surface area contributed by atoms with Gasteiger partial charge in [-0.1, -0.05) is 66.7 Å². The Labute approximate surface area is 143 Å². The summed E-state index contributed by atoms with van der Waals surface area (Å²) in [6, 6.07) is 21.2. The Morgan fingerprint density at radius 1 is 1.08 bits per heavy atom. The third-order valence-corrected chi connectivity index (χ3v) is 5.87. The predicted molar refractivity (Wildman–Crippen MR) is 96.4 cm³/mol. The van der Waals surface area contributed by atoms with E-state index in [2.05, 4.69) is 54.0 Å². The molecule has 2 aliphatic rings. The highest BCUT2D eigenvalue weighted by molar-refractivity contribution is 5.82. The fourth-order valence-electron chi connectivity index (χ4n) is 4.79. The van der Waals surface area contributed by atoms with E-state index in [0.29, 0.717) is 18.9 Å². The molecule has 0 spiro atoms. The van der Waals surface area contributed by atoms with E-state index in [1.807, 2.05) is 24.3 Å². The van der Waals surface area contributed by atoms with Gasteiger partial charge in [0.1, 0.15) is 0 Å². The highest BCUT2D eigenvalue weighted by Gasteiger charge is 2.58. The van der Waals surface area contributed by atoms with Crippen LogP contribution in [0, 0.1) is 5.92 Å². The van der Waals surface area contributed by atoms with E-state index in [4.69, 9.17) is 0 Å². The summed E-state index contributed by atoms with van der Waals surface area (Å²) < 4.78 is 0. The molecule has 0 N–H and O–H groups in total. The number of likely N-dealkylation sites (tertiary alicyclic amines) is 1. The molecule has 0 unspecified atom stereocenters. The number of benzene rings is 2. The number of carbonyl (C=O) groups is 1. The molecule has 4 rings (SSSR count). The third-order valence-electron chi connectivity index (χ3n) is 5.87. The van der Waals surface area contributed by atoms with Gasteiger partial charge in [-0.2, -0.15) is 0 Å². The van der Waals surface area contributed by atoms with Gasteiger partial charge >= 0.3 is 0 Å². The van der Waals surface area contributed by atoms with Crippen LogP contribution in [0.25, 0.3) is 0 Å². The molecule has 1 saturated carbocycles. The van der Waals surface area contributed by atoms with E-state index in [9.17, 15) is 4.79 Å². The summed E-state index contributed by atoms with van der Waals surface area (Å²) in [6.07, 6.45) is 4.86. The largest absolute Gasteiger partial charge is 0.334 e. The van der Waals surface area contributed by atoms with E-state index in [1.54, 1.807) is 0 Å². The lowest BCUT2D eigenvalue weighted by Gasteiger charge is -2.35. The second-order valence-corrected chi connectivity index (χ2v) is 7.09. The molecule has 24 heavy (non-hydrogen) atoms. The van der Waals surface area contributed by atoms with Gasteiger partial charge < -0.3 is 4.90 Å². The second kappa shape index (κ2) is 5.94. The van der Waals surface area contributed by atoms with Crippen LogP contribution in [0.5, 0.6) is 0 Å². The van der Waals surface area contributed by atoms with Crippen molar-refractivity contribution in [2.24, 2.45) is 5.92 Å². The Morgan fingerprint density at radius 2 is 1.75 bits per heavy atom. The Bertz CT molecular complexity index is 739. The van der Waals surface area contributed by atoms with Crippen LogP contribution in [0.4, 0.5) is 0 Å². The van der Waals surface area contributed by atoms with E-state index in [1.165, 1.54) is 11.1 Å². The van der Waals surface area contributed by atoms with Crippen LogP contribution >= 0.6 is 0 Å². The number of fused-ring (bicyclic) bond motifs is 1. The number of hydrogen-bond acceptors (Lipinski definition) is 1. The van der Waals surface area contributed by atoms with Crippen molar-refractivity contribution in [3.8, 4) is 0 Å². The van der Waals surface area contributed by atoms with Gasteiger partial charge in [0.2, 0.25) is 5.91 Å². The van der Waals surface area contributed by atoms with Gasteiger partial charge in [0.15, 0.2) is 0 Å². The SMILES string of the molecule is C=C[C@@H]1CC[C@]2(c3ccccc3)CC(=O)N(Cc3ccccc3)[C@H]12. The maximum absolute atomic E-state index is 12.9. The van der Waals surface area contributed by atoms with E-state index in [0.717, 1.165) is 12.8 Å². The molecule has 3 atom stereocenters.